The molecular weight excluding hydrogens is 336 g/mol. The molecule has 0 spiro atoms. The van der Waals surface area contributed by atoms with Crippen LogP contribution in [0.15, 0.2) is 18.2 Å². The van der Waals surface area contributed by atoms with Crippen molar-refractivity contribution in [3.63, 3.8) is 0 Å². The number of benzene rings is 1. The first-order valence-electron chi connectivity index (χ1n) is 10.6. The van der Waals surface area contributed by atoms with Gasteiger partial charge in [0.2, 0.25) is 0 Å². The van der Waals surface area contributed by atoms with Crippen LogP contribution >= 0.6 is 12.2 Å². The van der Waals surface area contributed by atoms with E-state index < -0.39 is 0 Å². The van der Waals surface area contributed by atoms with Gasteiger partial charge in [0.15, 0.2) is 5.11 Å². The summed E-state index contributed by atoms with van der Waals surface area (Å²) < 4.78 is 0. The summed E-state index contributed by atoms with van der Waals surface area (Å²) in [5.41, 5.74) is 4.24. The first-order valence-corrected chi connectivity index (χ1v) is 11.0. The van der Waals surface area contributed by atoms with Crippen LogP contribution < -0.4 is 10.6 Å². The van der Waals surface area contributed by atoms with Crippen molar-refractivity contribution in [3.05, 3.63) is 29.3 Å². The van der Waals surface area contributed by atoms with Crippen LogP contribution in [-0.4, -0.2) is 11.2 Å². The van der Waals surface area contributed by atoms with Crippen LogP contribution in [0.5, 0.6) is 0 Å². The summed E-state index contributed by atoms with van der Waals surface area (Å²) in [5.74, 6) is 2.97. The highest BCUT2D eigenvalue weighted by molar-refractivity contribution is 7.80. The molecule has 142 valence electrons. The van der Waals surface area contributed by atoms with Crippen molar-refractivity contribution in [2.24, 2.45) is 23.2 Å². The standard InChI is InChI=1S/C23H34N2S/c1-4-6-21(23-12-17-9-18(13-23)11-19(10-17)14-23)25-22(26)24-20-8-5-7-15(2)16(20)3/h5,7-8,17-19,21H,4,6,9-14H2,1-3H3,(H2,24,25,26). The van der Waals surface area contributed by atoms with Gasteiger partial charge in [0.05, 0.1) is 0 Å². The summed E-state index contributed by atoms with van der Waals surface area (Å²) in [6.07, 6.45) is 11.3. The van der Waals surface area contributed by atoms with Gasteiger partial charge in [-0.15, -0.1) is 0 Å². The molecule has 1 aromatic rings. The Morgan fingerprint density at radius 2 is 1.73 bits per heavy atom. The Hall–Kier alpha value is -1.09. The minimum Gasteiger partial charge on any atom is -0.359 e. The molecule has 0 amide bonds. The lowest BCUT2D eigenvalue weighted by molar-refractivity contribution is -0.0718. The highest BCUT2D eigenvalue weighted by atomic mass is 32.1. The van der Waals surface area contributed by atoms with E-state index in [1.807, 2.05) is 0 Å². The molecule has 1 aromatic carbocycles. The lowest BCUT2D eigenvalue weighted by Crippen LogP contribution is -2.57. The Kier molecular flexibility index (Phi) is 5.02. The van der Waals surface area contributed by atoms with Crippen molar-refractivity contribution in [2.45, 2.75) is 78.2 Å². The summed E-state index contributed by atoms with van der Waals surface area (Å²) in [6.45, 7) is 6.64. The SMILES string of the molecule is CCCC(NC(=S)Nc1cccc(C)c1C)C12CC3CC(CC(C3)C1)C2. The van der Waals surface area contributed by atoms with Gasteiger partial charge in [-0.1, -0.05) is 25.5 Å². The highest BCUT2D eigenvalue weighted by Gasteiger charge is 2.54. The highest BCUT2D eigenvalue weighted by Crippen LogP contribution is 2.61. The second-order valence-corrected chi connectivity index (χ2v) is 9.88. The second-order valence-electron chi connectivity index (χ2n) is 9.47. The number of nitrogens with one attached hydrogen (secondary N) is 2. The van der Waals surface area contributed by atoms with E-state index in [-0.39, 0.29) is 0 Å². The molecule has 0 aromatic heterocycles. The molecule has 1 unspecified atom stereocenters. The molecule has 4 aliphatic rings. The number of thiocarbonyl (C=S) groups is 1. The third kappa shape index (κ3) is 3.40. The van der Waals surface area contributed by atoms with Crippen LogP contribution in [0, 0.1) is 37.0 Å². The normalized spacial score (nSPS) is 33.1. The molecule has 4 aliphatic carbocycles. The molecule has 0 radical (unpaired) electrons. The van der Waals surface area contributed by atoms with Gasteiger partial charge in [0.1, 0.15) is 0 Å². The van der Waals surface area contributed by atoms with Gasteiger partial charge in [0, 0.05) is 11.7 Å². The molecule has 26 heavy (non-hydrogen) atoms. The van der Waals surface area contributed by atoms with Gasteiger partial charge in [-0.05, 0) is 111 Å². The van der Waals surface area contributed by atoms with Gasteiger partial charge in [-0.3, -0.25) is 0 Å². The van der Waals surface area contributed by atoms with E-state index in [2.05, 4.69) is 49.6 Å². The average Bonchev–Trinajstić information content (AvgIpc) is 2.57. The number of anilines is 1. The maximum Gasteiger partial charge on any atom is 0.171 e. The molecule has 2 N–H and O–H groups in total. The van der Waals surface area contributed by atoms with Crippen molar-refractivity contribution in [3.8, 4) is 0 Å². The fourth-order valence-corrected chi connectivity index (χ4v) is 6.88. The summed E-state index contributed by atoms with van der Waals surface area (Å²) >= 11 is 5.76. The zero-order chi connectivity index (χ0) is 18.3. The minimum atomic E-state index is 0.498. The minimum absolute atomic E-state index is 0.498. The van der Waals surface area contributed by atoms with Crippen molar-refractivity contribution >= 4 is 23.0 Å². The molecule has 4 fully saturated rings. The van der Waals surface area contributed by atoms with Crippen LogP contribution in [0.1, 0.15) is 69.4 Å². The molecular formula is C23H34N2S. The van der Waals surface area contributed by atoms with E-state index in [0.29, 0.717) is 11.5 Å². The topological polar surface area (TPSA) is 24.1 Å². The van der Waals surface area contributed by atoms with E-state index in [1.54, 1.807) is 0 Å². The number of hydrogen-bond donors (Lipinski definition) is 2. The van der Waals surface area contributed by atoms with Crippen molar-refractivity contribution < 1.29 is 0 Å². The molecule has 5 rings (SSSR count). The Morgan fingerprint density at radius 1 is 1.12 bits per heavy atom. The summed E-state index contributed by atoms with van der Waals surface area (Å²) in [6, 6.07) is 6.93. The second kappa shape index (κ2) is 7.14. The van der Waals surface area contributed by atoms with Crippen LogP contribution in [0.3, 0.4) is 0 Å². The maximum absolute atomic E-state index is 5.76. The van der Waals surface area contributed by atoms with Gasteiger partial charge in [-0.25, -0.2) is 0 Å². The van der Waals surface area contributed by atoms with Gasteiger partial charge in [0.25, 0.3) is 0 Å². The largest absolute Gasteiger partial charge is 0.359 e. The van der Waals surface area contributed by atoms with Gasteiger partial charge >= 0.3 is 0 Å². The molecule has 3 heteroatoms. The Morgan fingerprint density at radius 3 is 2.31 bits per heavy atom. The lowest BCUT2D eigenvalue weighted by Gasteiger charge is -2.59. The van der Waals surface area contributed by atoms with Crippen LogP contribution in [0.25, 0.3) is 0 Å². The molecule has 0 heterocycles. The van der Waals surface area contributed by atoms with Gasteiger partial charge < -0.3 is 10.6 Å². The van der Waals surface area contributed by atoms with E-state index in [4.69, 9.17) is 12.2 Å². The first-order chi connectivity index (χ1) is 12.5. The smallest absolute Gasteiger partial charge is 0.171 e. The summed E-state index contributed by atoms with van der Waals surface area (Å²) in [5, 5.41) is 8.10. The quantitative estimate of drug-likeness (QED) is 0.624. The Bertz CT molecular complexity index is 646. The molecule has 2 nitrogen and oxygen atoms in total. The fourth-order valence-electron chi connectivity index (χ4n) is 6.63. The number of aryl methyl sites for hydroxylation is 1. The van der Waals surface area contributed by atoms with Gasteiger partial charge in [-0.2, -0.15) is 0 Å². The van der Waals surface area contributed by atoms with E-state index in [1.165, 1.54) is 62.5 Å². The summed E-state index contributed by atoms with van der Waals surface area (Å²) in [7, 11) is 0. The average molecular weight is 371 g/mol. The van der Waals surface area contributed by atoms with Crippen LogP contribution in [0.2, 0.25) is 0 Å². The summed E-state index contributed by atoms with van der Waals surface area (Å²) in [4.78, 5) is 0. The predicted octanol–water partition coefficient (Wildman–Crippen LogP) is 5.97. The van der Waals surface area contributed by atoms with Crippen LogP contribution in [-0.2, 0) is 0 Å². The van der Waals surface area contributed by atoms with Crippen LogP contribution in [0.4, 0.5) is 5.69 Å². The molecule has 0 saturated heterocycles. The van der Waals surface area contributed by atoms with E-state index in [0.717, 1.165) is 28.6 Å². The maximum atomic E-state index is 5.76. The van der Waals surface area contributed by atoms with Crippen molar-refractivity contribution in [2.75, 3.05) is 5.32 Å². The Labute approximate surface area is 164 Å². The fraction of sp³-hybridized carbons (Fsp3) is 0.696. The predicted molar refractivity (Wildman–Crippen MR) is 115 cm³/mol. The molecule has 4 bridgehead atoms. The lowest BCUT2D eigenvalue weighted by atomic mass is 9.47. The Balaban J connectivity index is 1.49. The van der Waals surface area contributed by atoms with E-state index in [9.17, 15) is 0 Å². The van der Waals surface area contributed by atoms with Crippen molar-refractivity contribution in [1.82, 2.24) is 5.32 Å². The molecule has 1 atom stereocenters. The third-order valence-electron chi connectivity index (χ3n) is 7.56. The zero-order valence-electron chi connectivity index (χ0n) is 16.6. The number of hydrogen-bond acceptors (Lipinski definition) is 1. The number of rotatable bonds is 5. The molecule has 0 aliphatic heterocycles. The van der Waals surface area contributed by atoms with E-state index >= 15 is 0 Å². The monoisotopic (exact) mass is 370 g/mol. The first kappa shape index (κ1) is 18.3. The van der Waals surface area contributed by atoms with Crippen molar-refractivity contribution in [1.29, 1.82) is 0 Å². The zero-order valence-corrected chi connectivity index (χ0v) is 17.4. The molecule has 4 saturated carbocycles. The third-order valence-corrected chi connectivity index (χ3v) is 7.78.